The average Bonchev–Trinajstić information content (AvgIpc) is 2.57. The van der Waals surface area contributed by atoms with Crippen LogP contribution in [0.15, 0.2) is 53.0 Å². The summed E-state index contributed by atoms with van der Waals surface area (Å²) in [6.45, 7) is 2.98. The highest BCUT2D eigenvalue weighted by Gasteiger charge is 2.21. The SMILES string of the molecule is O=C(Nc1ccc(Br)cc1)N1CCN(c2cccc(Cl)c2)CC1. The second-order valence-corrected chi connectivity index (χ2v) is 6.74. The minimum Gasteiger partial charge on any atom is -0.368 e. The van der Waals surface area contributed by atoms with Gasteiger partial charge in [-0.2, -0.15) is 0 Å². The summed E-state index contributed by atoms with van der Waals surface area (Å²) in [4.78, 5) is 16.4. The minimum atomic E-state index is -0.0573. The van der Waals surface area contributed by atoms with Gasteiger partial charge < -0.3 is 15.1 Å². The van der Waals surface area contributed by atoms with Crippen LogP contribution in [-0.2, 0) is 0 Å². The summed E-state index contributed by atoms with van der Waals surface area (Å²) in [6, 6.07) is 15.3. The highest BCUT2D eigenvalue weighted by Crippen LogP contribution is 2.21. The number of piperazine rings is 1. The molecule has 0 aliphatic carbocycles. The number of carbonyl (C=O) groups excluding carboxylic acids is 1. The van der Waals surface area contributed by atoms with E-state index in [1.807, 2.05) is 53.4 Å². The van der Waals surface area contributed by atoms with Gasteiger partial charge in [0.1, 0.15) is 0 Å². The smallest absolute Gasteiger partial charge is 0.321 e. The molecule has 0 unspecified atom stereocenters. The van der Waals surface area contributed by atoms with Crippen LogP contribution in [0.2, 0.25) is 5.02 Å². The van der Waals surface area contributed by atoms with Gasteiger partial charge in [0, 0.05) is 47.0 Å². The van der Waals surface area contributed by atoms with E-state index in [0.29, 0.717) is 13.1 Å². The Labute approximate surface area is 149 Å². The van der Waals surface area contributed by atoms with E-state index in [1.54, 1.807) is 0 Å². The zero-order valence-electron chi connectivity index (χ0n) is 12.5. The Balaban J connectivity index is 1.56. The minimum absolute atomic E-state index is 0.0573. The summed E-state index contributed by atoms with van der Waals surface area (Å²) in [5, 5.41) is 3.66. The lowest BCUT2D eigenvalue weighted by Crippen LogP contribution is -2.50. The zero-order valence-corrected chi connectivity index (χ0v) is 14.8. The molecule has 1 aliphatic heterocycles. The van der Waals surface area contributed by atoms with Crippen LogP contribution in [-0.4, -0.2) is 37.1 Å². The lowest BCUT2D eigenvalue weighted by atomic mass is 10.2. The third-order valence-corrected chi connectivity index (χ3v) is 4.60. The van der Waals surface area contributed by atoms with Gasteiger partial charge in [-0.1, -0.05) is 33.6 Å². The van der Waals surface area contributed by atoms with E-state index in [9.17, 15) is 4.79 Å². The molecule has 0 aromatic heterocycles. The van der Waals surface area contributed by atoms with Crippen molar-refractivity contribution in [1.29, 1.82) is 0 Å². The summed E-state index contributed by atoms with van der Waals surface area (Å²) in [7, 11) is 0. The van der Waals surface area contributed by atoms with Crippen LogP contribution in [0.3, 0.4) is 0 Å². The molecule has 120 valence electrons. The third-order valence-electron chi connectivity index (χ3n) is 3.84. The number of urea groups is 1. The van der Waals surface area contributed by atoms with E-state index in [0.717, 1.165) is 34.0 Å². The molecule has 2 aromatic rings. The quantitative estimate of drug-likeness (QED) is 0.816. The van der Waals surface area contributed by atoms with Gasteiger partial charge in [-0.25, -0.2) is 4.79 Å². The van der Waals surface area contributed by atoms with Crippen LogP contribution in [0.5, 0.6) is 0 Å². The van der Waals surface area contributed by atoms with E-state index in [1.165, 1.54) is 0 Å². The van der Waals surface area contributed by atoms with Gasteiger partial charge >= 0.3 is 6.03 Å². The predicted molar refractivity (Wildman–Crippen MR) is 98.4 cm³/mol. The van der Waals surface area contributed by atoms with E-state index in [4.69, 9.17) is 11.6 Å². The van der Waals surface area contributed by atoms with Gasteiger partial charge in [0.15, 0.2) is 0 Å². The molecule has 1 N–H and O–H groups in total. The first kappa shape index (κ1) is 16.1. The molecule has 0 saturated carbocycles. The molecule has 3 rings (SSSR count). The number of nitrogens with one attached hydrogen (secondary N) is 1. The molecule has 0 radical (unpaired) electrons. The zero-order chi connectivity index (χ0) is 16.2. The second kappa shape index (κ2) is 7.23. The van der Waals surface area contributed by atoms with Crippen LogP contribution in [0.25, 0.3) is 0 Å². The molecule has 0 bridgehead atoms. The Hall–Kier alpha value is -1.72. The Bertz CT molecular complexity index is 684. The van der Waals surface area contributed by atoms with Crippen molar-refractivity contribution < 1.29 is 4.79 Å². The highest BCUT2D eigenvalue weighted by atomic mass is 79.9. The van der Waals surface area contributed by atoms with Crippen molar-refractivity contribution >= 4 is 44.9 Å². The first-order valence-corrected chi connectivity index (χ1v) is 8.61. The Morgan fingerprint density at radius 1 is 1.04 bits per heavy atom. The molecule has 23 heavy (non-hydrogen) atoms. The summed E-state index contributed by atoms with van der Waals surface area (Å²) in [6.07, 6.45) is 0. The standard InChI is InChI=1S/C17H17BrClN3O/c18-13-4-6-15(7-5-13)20-17(23)22-10-8-21(9-11-22)16-3-1-2-14(19)12-16/h1-7,12H,8-11H2,(H,20,23). The number of carbonyl (C=O) groups is 1. The number of rotatable bonds is 2. The van der Waals surface area contributed by atoms with Crippen molar-refractivity contribution in [2.45, 2.75) is 0 Å². The van der Waals surface area contributed by atoms with Crippen molar-refractivity contribution in [3.63, 3.8) is 0 Å². The van der Waals surface area contributed by atoms with E-state index < -0.39 is 0 Å². The van der Waals surface area contributed by atoms with Crippen LogP contribution in [0.4, 0.5) is 16.2 Å². The first-order chi connectivity index (χ1) is 11.1. The number of anilines is 2. The van der Waals surface area contributed by atoms with Gasteiger partial charge in [0.2, 0.25) is 0 Å². The lowest BCUT2D eigenvalue weighted by molar-refractivity contribution is 0.208. The monoisotopic (exact) mass is 393 g/mol. The summed E-state index contributed by atoms with van der Waals surface area (Å²) in [5.74, 6) is 0. The van der Waals surface area contributed by atoms with Gasteiger partial charge in [0.05, 0.1) is 0 Å². The van der Waals surface area contributed by atoms with Gasteiger partial charge in [0.25, 0.3) is 0 Å². The van der Waals surface area contributed by atoms with Crippen molar-refractivity contribution in [2.75, 3.05) is 36.4 Å². The van der Waals surface area contributed by atoms with E-state index in [2.05, 4.69) is 26.1 Å². The topological polar surface area (TPSA) is 35.6 Å². The molecule has 2 aromatic carbocycles. The van der Waals surface area contributed by atoms with Crippen LogP contribution in [0.1, 0.15) is 0 Å². The number of benzene rings is 2. The maximum absolute atomic E-state index is 12.3. The highest BCUT2D eigenvalue weighted by molar-refractivity contribution is 9.10. The molecule has 1 aliphatic rings. The van der Waals surface area contributed by atoms with Crippen molar-refractivity contribution in [3.8, 4) is 0 Å². The van der Waals surface area contributed by atoms with E-state index in [-0.39, 0.29) is 6.03 Å². The van der Waals surface area contributed by atoms with Gasteiger partial charge in [-0.05, 0) is 42.5 Å². The average molecular weight is 395 g/mol. The lowest BCUT2D eigenvalue weighted by Gasteiger charge is -2.36. The fraction of sp³-hybridized carbons (Fsp3) is 0.235. The maximum atomic E-state index is 12.3. The number of hydrogen-bond donors (Lipinski definition) is 1. The van der Waals surface area contributed by atoms with Gasteiger partial charge in [-0.15, -0.1) is 0 Å². The second-order valence-electron chi connectivity index (χ2n) is 5.39. The van der Waals surface area contributed by atoms with Crippen LogP contribution < -0.4 is 10.2 Å². The normalized spacial score (nSPS) is 14.7. The van der Waals surface area contributed by atoms with Gasteiger partial charge in [-0.3, -0.25) is 0 Å². The van der Waals surface area contributed by atoms with Crippen molar-refractivity contribution in [3.05, 3.63) is 58.0 Å². The van der Waals surface area contributed by atoms with E-state index >= 15 is 0 Å². The first-order valence-electron chi connectivity index (χ1n) is 7.44. The molecule has 1 fully saturated rings. The summed E-state index contributed by atoms with van der Waals surface area (Å²) in [5.41, 5.74) is 1.90. The molecular weight excluding hydrogens is 378 g/mol. The number of halogens is 2. The Morgan fingerprint density at radius 2 is 1.74 bits per heavy atom. The maximum Gasteiger partial charge on any atom is 0.321 e. The molecule has 2 amide bonds. The van der Waals surface area contributed by atoms with Crippen molar-refractivity contribution in [2.24, 2.45) is 0 Å². The summed E-state index contributed by atoms with van der Waals surface area (Å²) >= 11 is 9.42. The molecule has 0 atom stereocenters. The van der Waals surface area contributed by atoms with Crippen LogP contribution in [0, 0.1) is 0 Å². The molecule has 4 nitrogen and oxygen atoms in total. The molecule has 0 spiro atoms. The largest absolute Gasteiger partial charge is 0.368 e. The Kier molecular flexibility index (Phi) is 5.08. The number of amides is 2. The Morgan fingerprint density at radius 3 is 2.39 bits per heavy atom. The molecule has 1 heterocycles. The molecule has 6 heteroatoms. The summed E-state index contributed by atoms with van der Waals surface area (Å²) < 4.78 is 0.991. The fourth-order valence-corrected chi connectivity index (χ4v) is 3.03. The third kappa shape index (κ3) is 4.18. The van der Waals surface area contributed by atoms with Crippen molar-refractivity contribution in [1.82, 2.24) is 4.90 Å². The molecule has 1 saturated heterocycles. The van der Waals surface area contributed by atoms with Crippen LogP contribution >= 0.6 is 27.5 Å². The number of hydrogen-bond acceptors (Lipinski definition) is 2. The predicted octanol–water partition coefficient (Wildman–Crippen LogP) is 4.46. The number of nitrogens with zero attached hydrogens (tertiary/aromatic N) is 2. The molecular formula is C17H17BrClN3O. The fourth-order valence-electron chi connectivity index (χ4n) is 2.58.